The molecule has 0 saturated heterocycles. The van der Waals surface area contributed by atoms with Crippen LogP contribution in [-0.2, 0) is 6.54 Å². The first-order valence-corrected chi connectivity index (χ1v) is 4.55. The van der Waals surface area contributed by atoms with Gasteiger partial charge in [-0.25, -0.2) is 4.79 Å². The van der Waals surface area contributed by atoms with Crippen molar-refractivity contribution < 1.29 is 0 Å². The SMILES string of the molecule is Cc1cn(CCCCl)c(=O)[nH]c1=O. The van der Waals surface area contributed by atoms with E-state index in [1.165, 1.54) is 4.57 Å². The number of alkyl halides is 1. The van der Waals surface area contributed by atoms with Gasteiger partial charge in [-0.1, -0.05) is 0 Å². The molecule has 0 aliphatic carbocycles. The Hall–Kier alpha value is -1.03. The minimum atomic E-state index is -0.374. The summed E-state index contributed by atoms with van der Waals surface area (Å²) < 4.78 is 1.46. The van der Waals surface area contributed by atoms with Crippen molar-refractivity contribution in [3.05, 3.63) is 32.6 Å². The topological polar surface area (TPSA) is 54.9 Å². The Bertz CT molecular complexity index is 394. The van der Waals surface area contributed by atoms with E-state index < -0.39 is 0 Å². The van der Waals surface area contributed by atoms with Gasteiger partial charge in [0.25, 0.3) is 5.56 Å². The van der Waals surface area contributed by atoms with Crippen LogP contribution < -0.4 is 11.2 Å². The fourth-order valence-corrected chi connectivity index (χ4v) is 1.13. The molecule has 0 aliphatic rings. The molecule has 1 aromatic heterocycles. The van der Waals surface area contributed by atoms with Crippen LogP contribution in [0.1, 0.15) is 12.0 Å². The van der Waals surface area contributed by atoms with Gasteiger partial charge in [-0.05, 0) is 13.3 Å². The number of aryl methyl sites for hydroxylation is 2. The Morgan fingerprint density at radius 1 is 1.54 bits per heavy atom. The van der Waals surface area contributed by atoms with Gasteiger partial charge < -0.3 is 4.57 Å². The third-order valence-electron chi connectivity index (χ3n) is 1.72. The molecule has 1 N–H and O–H groups in total. The van der Waals surface area contributed by atoms with E-state index in [0.717, 1.165) is 0 Å². The van der Waals surface area contributed by atoms with Crippen molar-refractivity contribution in [2.45, 2.75) is 19.9 Å². The number of aromatic amines is 1. The highest BCUT2D eigenvalue weighted by Gasteiger charge is 1.99. The Kier molecular flexibility index (Phi) is 3.31. The molecule has 5 heteroatoms. The number of nitrogens with zero attached hydrogens (tertiary/aromatic N) is 1. The van der Waals surface area contributed by atoms with Crippen molar-refractivity contribution in [2.24, 2.45) is 0 Å². The predicted octanol–water partition coefficient (Wildman–Crippen LogP) is 0.474. The van der Waals surface area contributed by atoms with E-state index in [9.17, 15) is 9.59 Å². The molecule has 0 bridgehead atoms. The fourth-order valence-electron chi connectivity index (χ4n) is 1.01. The number of H-pyrrole nitrogens is 1. The second kappa shape index (κ2) is 4.28. The summed E-state index contributed by atoms with van der Waals surface area (Å²) in [5.74, 6) is 0.505. The Morgan fingerprint density at radius 3 is 2.85 bits per heavy atom. The van der Waals surface area contributed by atoms with Crippen LogP contribution in [0.15, 0.2) is 15.8 Å². The highest BCUT2D eigenvalue weighted by Crippen LogP contribution is 1.90. The predicted molar refractivity (Wildman–Crippen MR) is 51.4 cm³/mol. The van der Waals surface area contributed by atoms with E-state index in [4.69, 9.17) is 11.6 Å². The summed E-state index contributed by atoms with van der Waals surface area (Å²) in [5, 5.41) is 0. The summed E-state index contributed by atoms with van der Waals surface area (Å²) in [6, 6.07) is 0. The lowest BCUT2D eigenvalue weighted by atomic mass is 10.4. The second-order valence-electron chi connectivity index (χ2n) is 2.81. The minimum absolute atomic E-state index is 0.327. The van der Waals surface area contributed by atoms with Crippen molar-refractivity contribution in [2.75, 3.05) is 5.88 Å². The maximum atomic E-state index is 11.2. The molecule has 1 heterocycles. The van der Waals surface area contributed by atoms with E-state index >= 15 is 0 Å². The van der Waals surface area contributed by atoms with Crippen molar-refractivity contribution in [1.82, 2.24) is 9.55 Å². The molecular weight excluding hydrogens is 192 g/mol. The van der Waals surface area contributed by atoms with E-state index in [-0.39, 0.29) is 11.2 Å². The molecule has 0 unspecified atom stereocenters. The van der Waals surface area contributed by atoms with Crippen LogP contribution >= 0.6 is 11.6 Å². The third-order valence-corrected chi connectivity index (χ3v) is 1.99. The Balaban J connectivity index is 3.02. The first kappa shape index (κ1) is 10.1. The molecule has 0 aromatic carbocycles. The normalized spacial score (nSPS) is 10.3. The van der Waals surface area contributed by atoms with Gasteiger partial charge in [-0.2, -0.15) is 0 Å². The molecule has 72 valence electrons. The van der Waals surface area contributed by atoms with Gasteiger partial charge in [0, 0.05) is 24.2 Å². The number of hydrogen-bond donors (Lipinski definition) is 1. The smallest absolute Gasteiger partial charge is 0.300 e. The summed E-state index contributed by atoms with van der Waals surface area (Å²) in [4.78, 5) is 24.4. The van der Waals surface area contributed by atoms with E-state index in [0.29, 0.717) is 24.4 Å². The van der Waals surface area contributed by atoms with Gasteiger partial charge in [0.05, 0.1) is 0 Å². The molecule has 0 atom stereocenters. The molecule has 0 saturated carbocycles. The molecular formula is C8H11ClN2O2. The largest absolute Gasteiger partial charge is 0.328 e. The Labute approximate surface area is 80.2 Å². The number of hydrogen-bond acceptors (Lipinski definition) is 2. The number of rotatable bonds is 3. The summed E-state index contributed by atoms with van der Waals surface area (Å²) in [6.45, 7) is 2.20. The quantitative estimate of drug-likeness (QED) is 0.725. The molecule has 0 spiro atoms. The van der Waals surface area contributed by atoms with Crippen molar-refractivity contribution in [3.8, 4) is 0 Å². The lowest BCUT2D eigenvalue weighted by Crippen LogP contribution is -2.30. The summed E-state index contributed by atoms with van der Waals surface area (Å²) in [7, 11) is 0. The van der Waals surface area contributed by atoms with Crippen LogP contribution in [0.25, 0.3) is 0 Å². The molecule has 0 aliphatic heterocycles. The van der Waals surface area contributed by atoms with Crippen LogP contribution in [0.4, 0.5) is 0 Å². The van der Waals surface area contributed by atoms with Gasteiger partial charge in [0.1, 0.15) is 0 Å². The first-order valence-electron chi connectivity index (χ1n) is 4.01. The Morgan fingerprint density at radius 2 is 2.23 bits per heavy atom. The standard InChI is InChI=1S/C8H11ClN2O2/c1-6-5-11(4-2-3-9)8(13)10-7(6)12/h5H,2-4H2,1H3,(H,10,12,13). The van der Waals surface area contributed by atoms with Gasteiger partial charge >= 0.3 is 5.69 Å². The van der Waals surface area contributed by atoms with Crippen molar-refractivity contribution in [3.63, 3.8) is 0 Å². The molecule has 1 aromatic rings. The van der Waals surface area contributed by atoms with E-state index in [1.54, 1.807) is 13.1 Å². The zero-order valence-corrected chi connectivity index (χ0v) is 8.10. The molecule has 4 nitrogen and oxygen atoms in total. The molecule has 0 amide bonds. The van der Waals surface area contributed by atoms with Gasteiger partial charge in [0.15, 0.2) is 0 Å². The van der Waals surface area contributed by atoms with Gasteiger partial charge in [-0.15, -0.1) is 11.6 Å². The van der Waals surface area contributed by atoms with E-state index in [2.05, 4.69) is 4.98 Å². The lowest BCUT2D eigenvalue weighted by molar-refractivity contribution is 0.630. The zero-order valence-electron chi connectivity index (χ0n) is 7.34. The average molecular weight is 203 g/mol. The number of aromatic nitrogens is 2. The average Bonchev–Trinajstić information content (AvgIpc) is 2.09. The van der Waals surface area contributed by atoms with Crippen LogP contribution in [0.3, 0.4) is 0 Å². The molecule has 0 radical (unpaired) electrons. The number of halogens is 1. The van der Waals surface area contributed by atoms with E-state index in [1.807, 2.05) is 0 Å². The monoisotopic (exact) mass is 202 g/mol. The third kappa shape index (κ3) is 2.45. The van der Waals surface area contributed by atoms with Crippen LogP contribution in [0.2, 0.25) is 0 Å². The summed E-state index contributed by atoms with van der Waals surface area (Å²) in [5.41, 5.74) is -0.165. The minimum Gasteiger partial charge on any atom is -0.300 e. The van der Waals surface area contributed by atoms with Gasteiger partial charge in [-0.3, -0.25) is 9.78 Å². The highest BCUT2D eigenvalue weighted by atomic mass is 35.5. The first-order chi connectivity index (χ1) is 6.15. The second-order valence-corrected chi connectivity index (χ2v) is 3.19. The van der Waals surface area contributed by atoms with Crippen LogP contribution in [0, 0.1) is 6.92 Å². The summed E-state index contributed by atoms with van der Waals surface area (Å²) >= 11 is 5.49. The van der Waals surface area contributed by atoms with Crippen LogP contribution in [0.5, 0.6) is 0 Å². The van der Waals surface area contributed by atoms with Crippen molar-refractivity contribution >= 4 is 11.6 Å². The van der Waals surface area contributed by atoms with Crippen molar-refractivity contribution in [1.29, 1.82) is 0 Å². The fraction of sp³-hybridized carbons (Fsp3) is 0.500. The highest BCUT2D eigenvalue weighted by molar-refractivity contribution is 6.17. The zero-order chi connectivity index (χ0) is 9.84. The maximum absolute atomic E-state index is 11.2. The molecule has 1 rings (SSSR count). The van der Waals surface area contributed by atoms with Gasteiger partial charge in [0.2, 0.25) is 0 Å². The number of nitrogens with one attached hydrogen (secondary N) is 1. The maximum Gasteiger partial charge on any atom is 0.328 e. The molecule has 13 heavy (non-hydrogen) atoms. The van der Waals surface area contributed by atoms with Crippen LogP contribution in [-0.4, -0.2) is 15.4 Å². The summed E-state index contributed by atoms with van der Waals surface area (Å²) in [6.07, 6.45) is 2.26. The lowest BCUT2D eigenvalue weighted by Gasteiger charge is -2.03. The molecule has 0 fully saturated rings.